The number of amides is 1. The lowest BCUT2D eigenvalue weighted by Gasteiger charge is -2.07. The summed E-state index contributed by atoms with van der Waals surface area (Å²) in [4.78, 5) is 15.2. The first-order valence-electron chi connectivity index (χ1n) is 5.11. The van der Waals surface area contributed by atoms with Gasteiger partial charge in [0.15, 0.2) is 28.4 Å². The van der Waals surface area contributed by atoms with Gasteiger partial charge in [-0.05, 0) is 0 Å². The third-order valence-corrected chi connectivity index (χ3v) is 3.01. The lowest BCUT2D eigenvalue weighted by molar-refractivity contribution is -0.115. The van der Waals surface area contributed by atoms with Crippen LogP contribution in [0.5, 0.6) is 0 Å². The van der Waals surface area contributed by atoms with E-state index in [1.54, 1.807) is 0 Å². The van der Waals surface area contributed by atoms with E-state index >= 15 is 0 Å². The average molecular weight is 308 g/mol. The van der Waals surface area contributed by atoms with E-state index in [0.717, 1.165) is 11.3 Å². The third-order valence-electron chi connectivity index (χ3n) is 2.32. The van der Waals surface area contributed by atoms with Crippen LogP contribution in [0.1, 0.15) is 5.56 Å². The van der Waals surface area contributed by atoms with Gasteiger partial charge in [-0.3, -0.25) is 4.79 Å². The summed E-state index contributed by atoms with van der Waals surface area (Å²) in [5, 5.41) is 3.86. The van der Waals surface area contributed by atoms with Gasteiger partial charge in [-0.1, -0.05) is 0 Å². The zero-order valence-electron chi connectivity index (χ0n) is 9.52. The fourth-order valence-electron chi connectivity index (χ4n) is 1.41. The summed E-state index contributed by atoms with van der Waals surface area (Å²) in [5.74, 6) is -11.4. The maximum atomic E-state index is 13.3. The second-order valence-corrected chi connectivity index (χ2v) is 4.51. The molecule has 1 amide bonds. The molecule has 0 saturated carbocycles. The first-order valence-corrected chi connectivity index (χ1v) is 5.99. The van der Waals surface area contributed by atoms with Crippen molar-refractivity contribution >= 4 is 22.4 Å². The number of halogens is 5. The predicted octanol–water partition coefficient (Wildman–Crippen LogP) is 3.02. The first-order chi connectivity index (χ1) is 9.41. The molecule has 2 rings (SSSR count). The number of nitrogens with zero attached hydrogens (tertiary/aromatic N) is 1. The molecule has 106 valence electrons. The molecule has 0 spiro atoms. The highest BCUT2D eigenvalue weighted by molar-refractivity contribution is 7.13. The molecule has 20 heavy (non-hydrogen) atoms. The Balaban J connectivity index is 2.27. The quantitative estimate of drug-likeness (QED) is 0.538. The number of thiazole rings is 1. The molecule has 1 heterocycles. The number of hydrogen-bond donors (Lipinski definition) is 1. The second-order valence-electron chi connectivity index (χ2n) is 3.61. The first kappa shape index (κ1) is 14.4. The molecule has 0 radical (unpaired) electrons. The maximum Gasteiger partial charge on any atom is 0.230 e. The van der Waals surface area contributed by atoms with E-state index in [-0.39, 0.29) is 5.13 Å². The van der Waals surface area contributed by atoms with Crippen molar-refractivity contribution in [3.05, 3.63) is 46.2 Å². The highest BCUT2D eigenvalue weighted by Crippen LogP contribution is 2.23. The number of anilines is 1. The van der Waals surface area contributed by atoms with E-state index in [0.29, 0.717) is 0 Å². The number of benzene rings is 1. The normalized spacial score (nSPS) is 10.7. The fraction of sp³-hybridized carbons (Fsp3) is 0.0909. The Morgan fingerprint density at radius 3 is 2.10 bits per heavy atom. The molecule has 0 aliphatic heterocycles. The van der Waals surface area contributed by atoms with E-state index in [1.807, 2.05) is 0 Å². The molecule has 0 saturated heterocycles. The molecule has 1 N–H and O–H groups in total. The number of carbonyl (C=O) groups is 1. The van der Waals surface area contributed by atoms with Gasteiger partial charge in [0.05, 0.1) is 6.42 Å². The largest absolute Gasteiger partial charge is 0.302 e. The van der Waals surface area contributed by atoms with Gasteiger partial charge in [0.25, 0.3) is 0 Å². The summed E-state index contributed by atoms with van der Waals surface area (Å²) in [6, 6.07) is 0. The highest BCUT2D eigenvalue weighted by atomic mass is 32.1. The van der Waals surface area contributed by atoms with Crippen molar-refractivity contribution in [3.8, 4) is 0 Å². The molecule has 9 heteroatoms. The highest BCUT2D eigenvalue weighted by Gasteiger charge is 2.26. The molecule has 0 aliphatic rings. The van der Waals surface area contributed by atoms with E-state index in [9.17, 15) is 26.7 Å². The van der Waals surface area contributed by atoms with Crippen molar-refractivity contribution in [1.29, 1.82) is 0 Å². The van der Waals surface area contributed by atoms with Crippen molar-refractivity contribution in [2.75, 3.05) is 5.32 Å². The second kappa shape index (κ2) is 5.53. The molecule has 0 aliphatic carbocycles. The molecule has 0 bridgehead atoms. The number of carbonyl (C=O) groups excluding carboxylic acids is 1. The summed E-state index contributed by atoms with van der Waals surface area (Å²) >= 11 is 1.04. The van der Waals surface area contributed by atoms with Gasteiger partial charge < -0.3 is 5.32 Å². The van der Waals surface area contributed by atoms with Crippen molar-refractivity contribution in [3.63, 3.8) is 0 Å². The Labute approximate surface area is 113 Å². The lowest BCUT2D eigenvalue weighted by atomic mass is 10.1. The van der Waals surface area contributed by atoms with Gasteiger partial charge in [-0.25, -0.2) is 26.9 Å². The number of rotatable bonds is 3. The molecular weight excluding hydrogens is 303 g/mol. The molecular formula is C11H5F5N2OS. The molecule has 1 aromatic carbocycles. The van der Waals surface area contributed by atoms with Gasteiger partial charge in [0, 0.05) is 17.1 Å². The van der Waals surface area contributed by atoms with Crippen LogP contribution in [0.25, 0.3) is 0 Å². The van der Waals surface area contributed by atoms with E-state index in [2.05, 4.69) is 10.3 Å². The molecule has 1 aromatic heterocycles. The molecule has 0 fully saturated rings. The van der Waals surface area contributed by atoms with Crippen molar-refractivity contribution in [1.82, 2.24) is 4.98 Å². The smallest absolute Gasteiger partial charge is 0.230 e. The van der Waals surface area contributed by atoms with Crippen LogP contribution in [0.2, 0.25) is 0 Å². The lowest BCUT2D eigenvalue weighted by Crippen LogP contribution is -2.18. The minimum atomic E-state index is -2.26. The number of hydrogen-bond acceptors (Lipinski definition) is 3. The van der Waals surface area contributed by atoms with Crippen LogP contribution >= 0.6 is 11.3 Å². The van der Waals surface area contributed by atoms with Gasteiger partial charge in [0.2, 0.25) is 11.7 Å². The van der Waals surface area contributed by atoms with Crippen LogP contribution in [0.3, 0.4) is 0 Å². The number of nitrogens with one attached hydrogen (secondary N) is 1. The molecule has 0 atom stereocenters. The Kier molecular flexibility index (Phi) is 3.98. The minimum absolute atomic E-state index is 0.152. The van der Waals surface area contributed by atoms with Gasteiger partial charge in [0.1, 0.15) is 0 Å². The van der Waals surface area contributed by atoms with E-state index in [4.69, 9.17) is 0 Å². The summed E-state index contributed by atoms with van der Waals surface area (Å²) < 4.78 is 65.3. The topological polar surface area (TPSA) is 42.0 Å². The summed E-state index contributed by atoms with van der Waals surface area (Å²) in [5.41, 5.74) is -1.18. The van der Waals surface area contributed by atoms with Crippen LogP contribution in [-0.2, 0) is 11.2 Å². The van der Waals surface area contributed by atoms with Crippen LogP contribution in [0, 0.1) is 29.1 Å². The van der Waals surface area contributed by atoms with E-state index < -0.39 is 47.0 Å². The average Bonchev–Trinajstić information content (AvgIpc) is 2.92. The Morgan fingerprint density at radius 1 is 1.05 bits per heavy atom. The van der Waals surface area contributed by atoms with Gasteiger partial charge in [-0.15, -0.1) is 11.3 Å². The third kappa shape index (κ3) is 2.62. The minimum Gasteiger partial charge on any atom is -0.302 e. The van der Waals surface area contributed by atoms with Crippen LogP contribution in [0.15, 0.2) is 11.6 Å². The monoisotopic (exact) mass is 308 g/mol. The molecule has 3 nitrogen and oxygen atoms in total. The van der Waals surface area contributed by atoms with Crippen molar-refractivity contribution < 1.29 is 26.7 Å². The molecule has 0 unspecified atom stereocenters. The Bertz CT molecular complexity index is 630. The fourth-order valence-corrected chi connectivity index (χ4v) is 1.96. The van der Waals surface area contributed by atoms with Crippen molar-refractivity contribution in [2.45, 2.75) is 6.42 Å². The predicted molar refractivity (Wildman–Crippen MR) is 60.7 cm³/mol. The standard InChI is InChI=1S/C11H5F5N2OS/c12-6-4(7(13)9(15)10(16)8(6)14)3-5(19)18-11-17-1-2-20-11/h1-2H,3H2,(H,17,18,19). The Hall–Kier alpha value is -2.03. The maximum absolute atomic E-state index is 13.3. The zero-order valence-corrected chi connectivity index (χ0v) is 10.3. The summed E-state index contributed by atoms with van der Waals surface area (Å²) in [7, 11) is 0. The zero-order chi connectivity index (χ0) is 14.9. The summed E-state index contributed by atoms with van der Waals surface area (Å²) in [6.07, 6.45) is 0.379. The van der Waals surface area contributed by atoms with Crippen LogP contribution < -0.4 is 5.32 Å². The summed E-state index contributed by atoms with van der Waals surface area (Å²) in [6.45, 7) is 0. The Morgan fingerprint density at radius 2 is 1.60 bits per heavy atom. The van der Waals surface area contributed by atoms with E-state index in [1.165, 1.54) is 11.6 Å². The van der Waals surface area contributed by atoms with Crippen LogP contribution in [-0.4, -0.2) is 10.9 Å². The van der Waals surface area contributed by atoms with Crippen molar-refractivity contribution in [2.24, 2.45) is 0 Å². The van der Waals surface area contributed by atoms with Gasteiger partial charge >= 0.3 is 0 Å². The van der Waals surface area contributed by atoms with Crippen LogP contribution in [0.4, 0.5) is 27.1 Å². The SMILES string of the molecule is O=C(Cc1c(F)c(F)c(F)c(F)c1F)Nc1nccs1. The number of aromatic nitrogens is 1. The van der Waals surface area contributed by atoms with Gasteiger partial charge in [-0.2, -0.15) is 0 Å². The molecule has 2 aromatic rings.